The fourth-order valence-corrected chi connectivity index (χ4v) is 2.83. The van der Waals surface area contributed by atoms with E-state index >= 15 is 0 Å². The van der Waals surface area contributed by atoms with E-state index in [0.717, 1.165) is 25.7 Å². The molecule has 122 valence electrons. The average molecular weight is 299 g/mol. The fraction of sp³-hybridized carbons (Fsp3) is 0.867. The molecule has 0 saturated carbocycles. The molecule has 2 amide bonds. The van der Waals surface area contributed by atoms with Gasteiger partial charge in [-0.05, 0) is 25.3 Å². The highest BCUT2D eigenvalue weighted by Crippen LogP contribution is 2.18. The van der Waals surface area contributed by atoms with Crippen LogP contribution in [0.15, 0.2) is 0 Å². The maximum absolute atomic E-state index is 12.2. The molecule has 1 aliphatic heterocycles. The predicted octanol–water partition coefficient (Wildman–Crippen LogP) is 1.44. The van der Waals surface area contributed by atoms with Gasteiger partial charge in [0, 0.05) is 32.6 Å². The predicted molar refractivity (Wildman–Crippen MR) is 81.9 cm³/mol. The number of hydrogen-bond donors (Lipinski definition) is 1. The molecule has 1 aliphatic rings. The minimum Gasteiger partial charge on any atom is -0.453 e. The number of amides is 2. The quantitative estimate of drug-likeness (QED) is 0.772. The van der Waals surface area contributed by atoms with Crippen LogP contribution in [-0.4, -0.2) is 61.6 Å². The number of nitrogens with two attached hydrogens (primary N) is 1. The molecule has 6 nitrogen and oxygen atoms in total. The number of rotatable bonds is 7. The van der Waals surface area contributed by atoms with Gasteiger partial charge in [0.25, 0.3) is 0 Å². The van der Waals surface area contributed by atoms with Crippen molar-refractivity contribution in [2.45, 2.75) is 39.0 Å². The fourth-order valence-electron chi connectivity index (χ4n) is 2.83. The number of hydrogen-bond acceptors (Lipinski definition) is 4. The Morgan fingerprint density at radius 1 is 1.10 bits per heavy atom. The van der Waals surface area contributed by atoms with Gasteiger partial charge in [-0.1, -0.05) is 19.8 Å². The smallest absolute Gasteiger partial charge is 0.409 e. The summed E-state index contributed by atoms with van der Waals surface area (Å²) in [6, 6.07) is 0. The minimum absolute atomic E-state index is 0.192. The number of carbonyl (C=O) groups excluding carboxylic acids is 2. The molecule has 0 aromatic rings. The second kappa shape index (κ2) is 9.60. The van der Waals surface area contributed by atoms with Crippen molar-refractivity contribution >= 4 is 12.0 Å². The molecule has 0 aromatic heterocycles. The van der Waals surface area contributed by atoms with Gasteiger partial charge < -0.3 is 20.3 Å². The first-order chi connectivity index (χ1) is 10.1. The van der Waals surface area contributed by atoms with E-state index in [-0.39, 0.29) is 12.0 Å². The SMILES string of the molecule is CCCC(CCN)CCC(=O)N1CCN(C(=O)OC)CC1. The van der Waals surface area contributed by atoms with E-state index in [1.165, 1.54) is 7.11 Å². The molecule has 2 N–H and O–H groups in total. The van der Waals surface area contributed by atoms with Crippen LogP contribution in [0.5, 0.6) is 0 Å². The summed E-state index contributed by atoms with van der Waals surface area (Å²) >= 11 is 0. The van der Waals surface area contributed by atoms with Crippen LogP contribution in [0.3, 0.4) is 0 Å². The maximum Gasteiger partial charge on any atom is 0.409 e. The number of methoxy groups -OCH3 is 1. The summed E-state index contributed by atoms with van der Waals surface area (Å²) in [7, 11) is 1.38. The van der Waals surface area contributed by atoms with Crippen LogP contribution in [-0.2, 0) is 9.53 Å². The van der Waals surface area contributed by atoms with Crippen LogP contribution in [0, 0.1) is 5.92 Å². The Morgan fingerprint density at radius 3 is 2.24 bits per heavy atom. The van der Waals surface area contributed by atoms with Crippen LogP contribution >= 0.6 is 0 Å². The number of nitrogens with zero attached hydrogens (tertiary/aromatic N) is 2. The van der Waals surface area contributed by atoms with Gasteiger partial charge in [0.05, 0.1) is 7.11 Å². The van der Waals surface area contributed by atoms with Crippen LogP contribution < -0.4 is 5.73 Å². The second-order valence-corrected chi connectivity index (χ2v) is 5.61. The first kappa shape index (κ1) is 17.8. The van der Waals surface area contributed by atoms with Gasteiger partial charge in [-0.2, -0.15) is 0 Å². The molecular weight excluding hydrogens is 270 g/mol. The third kappa shape index (κ3) is 5.91. The molecule has 0 aliphatic carbocycles. The van der Waals surface area contributed by atoms with Crippen molar-refractivity contribution in [2.75, 3.05) is 39.8 Å². The summed E-state index contributed by atoms with van der Waals surface area (Å²) in [5.74, 6) is 0.748. The number of carbonyl (C=O) groups is 2. The van der Waals surface area contributed by atoms with Crippen molar-refractivity contribution in [3.05, 3.63) is 0 Å². The van der Waals surface area contributed by atoms with E-state index in [1.807, 2.05) is 4.90 Å². The van der Waals surface area contributed by atoms with Gasteiger partial charge in [0.2, 0.25) is 5.91 Å². The van der Waals surface area contributed by atoms with Gasteiger partial charge in [-0.25, -0.2) is 4.79 Å². The lowest BCUT2D eigenvalue weighted by molar-refractivity contribution is -0.133. The normalized spacial score (nSPS) is 16.7. The third-order valence-corrected chi connectivity index (χ3v) is 4.10. The van der Waals surface area contributed by atoms with Crippen LogP contribution in [0.4, 0.5) is 4.79 Å². The molecule has 1 heterocycles. The molecule has 1 saturated heterocycles. The molecule has 0 aromatic carbocycles. The Bertz CT molecular complexity index is 322. The van der Waals surface area contributed by atoms with Crippen LogP contribution in [0.2, 0.25) is 0 Å². The zero-order chi connectivity index (χ0) is 15.7. The monoisotopic (exact) mass is 299 g/mol. The van der Waals surface area contributed by atoms with Crippen molar-refractivity contribution in [2.24, 2.45) is 11.7 Å². The average Bonchev–Trinajstić information content (AvgIpc) is 2.52. The Balaban J connectivity index is 2.31. The van der Waals surface area contributed by atoms with E-state index < -0.39 is 0 Å². The topological polar surface area (TPSA) is 75.9 Å². The highest BCUT2D eigenvalue weighted by Gasteiger charge is 2.24. The summed E-state index contributed by atoms with van der Waals surface area (Å²) in [6.07, 6.45) is 4.46. The molecule has 1 fully saturated rings. The summed E-state index contributed by atoms with van der Waals surface area (Å²) in [5.41, 5.74) is 5.62. The lowest BCUT2D eigenvalue weighted by Crippen LogP contribution is -2.50. The van der Waals surface area contributed by atoms with Crippen molar-refractivity contribution < 1.29 is 14.3 Å². The molecule has 6 heteroatoms. The second-order valence-electron chi connectivity index (χ2n) is 5.61. The van der Waals surface area contributed by atoms with E-state index in [0.29, 0.717) is 45.1 Å². The first-order valence-electron chi connectivity index (χ1n) is 7.93. The van der Waals surface area contributed by atoms with Gasteiger partial charge in [-0.15, -0.1) is 0 Å². The third-order valence-electron chi connectivity index (χ3n) is 4.10. The number of ether oxygens (including phenoxy) is 1. The molecule has 0 radical (unpaired) electrons. The first-order valence-corrected chi connectivity index (χ1v) is 7.93. The Hall–Kier alpha value is -1.30. The molecule has 1 rings (SSSR count). The van der Waals surface area contributed by atoms with Gasteiger partial charge in [0.1, 0.15) is 0 Å². The van der Waals surface area contributed by atoms with Crippen molar-refractivity contribution in [1.29, 1.82) is 0 Å². The Kier molecular flexibility index (Phi) is 8.12. The van der Waals surface area contributed by atoms with Crippen molar-refractivity contribution in [3.63, 3.8) is 0 Å². The Morgan fingerprint density at radius 2 is 1.71 bits per heavy atom. The highest BCUT2D eigenvalue weighted by atomic mass is 16.5. The largest absolute Gasteiger partial charge is 0.453 e. The van der Waals surface area contributed by atoms with Gasteiger partial charge in [-0.3, -0.25) is 4.79 Å². The lowest BCUT2D eigenvalue weighted by Gasteiger charge is -2.34. The molecule has 0 spiro atoms. The zero-order valence-electron chi connectivity index (χ0n) is 13.3. The van der Waals surface area contributed by atoms with E-state index in [1.54, 1.807) is 4.90 Å². The van der Waals surface area contributed by atoms with Gasteiger partial charge >= 0.3 is 6.09 Å². The van der Waals surface area contributed by atoms with Gasteiger partial charge in [0.15, 0.2) is 0 Å². The molecule has 0 bridgehead atoms. The summed E-state index contributed by atoms with van der Waals surface area (Å²) in [4.78, 5) is 27.1. The highest BCUT2D eigenvalue weighted by molar-refractivity contribution is 5.76. The van der Waals surface area contributed by atoms with E-state index in [2.05, 4.69) is 11.7 Å². The summed E-state index contributed by atoms with van der Waals surface area (Å²) < 4.78 is 4.69. The summed E-state index contributed by atoms with van der Waals surface area (Å²) in [5, 5.41) is 0. The Labute approximate surface area is 127 Å². The van der Waals surface area contributed by atoms with E-state index in [9.17, 15) is 9.59 Å². The van der Waals surface area contributed by atoms with Crippen molar-refractivity contribution in [3.8, 4) is 0 Å². The minimum atomic E-state index is -0.312. The molecular formula is C15H29N3O3. The van der Waals surface area contributed by atoms with Crippen LogP contribution in [0.1, 0.15) is 39.0 Å². The molecule has 1 atom stereocenters. The van der Waals surface area contributed by atoms with E-state index in [4.69, 9.17) is 5.73 Å². The lowest BCUT2D eigenvalue weighted by atomic mass is 9.94. The molecule has 21 heavy (non-hydrogen) atoms. The molecule has 1 unspecified atom stereocenters. The maximum atomic E-state index is 12.2. The van der Waals surface area contributed by atoms with Crippen LogP contribution in [0.25, 0.3) is 0 Å². The van der Waals surface area contributed by atoms with Crippen molar-refractivity contribution in [1.82, 2.24) is 9.80 Å². The zero-order valence-corrected chi connectivity index (χ0v) is 13.3. The summed E-state index contributed by atoms with van der Waals surface area (Å²) in [6.45, 7) is 5.17. The number of piperazine rings is 1. The standard InChI is InChI=1S/C15H29N3O3/c1-3-4-13(7-8-16)5-6-14(19)17-9-11-18(12-10-17)15(20)21-2/h13H,3-12,16H2,1-2H3.